The summed E-state index contributed by atoms with van der Waals surface area (Å²) in [5.74, 6) is -1.31. The van der Waals surface area contributed by atoms with E-state index in [2.05, 4.69) is 23.5 Å². The predicted octanol–water partition coefficient (Wildman–Crippen LogP) is 2.30. The number of likely N-dealkylation sites (N-methyl/N-ethyl adjacent to an activating group) is 1. The summed E-state index contributed by atoms with van der Waals surface area (Å²) in [6, 6.07) is 6.90. The second kappa shape index (κ2) is 11.7. The Morgan fingerprint density at radius 3 is 2.70 bits per heavy atom. The van der Waals surface area contributed by atoms with Crippen molar-refractivity contribution in [1.29, 1.82) is 0 Å². The van der Waals surface area contributed by atoms with Gasteiger partial charge in [-0.05, 0) is 44.2 Å². The van der Waals surface area contributed by atoms with E-state index in [0.717, 1.165) is 23.9 Å². The van der Waals surface area contributed by atoms with Gasteiger partial charge in [0.25, 0.3) is 0 Å². The third kappa shape index (κ3) is 4.72. The molecule has 11 heteroatoms. The first kappa shape index (κ1) is 28.4. The van der Waals surface area contributed by atoms with Crippen molar-refractivity contribution in [2.75, 3.05) is 33.3 Å². The number of carbonyl (C=O) groups is 3. The van der Waals surface area contributed by atoms with E-state index in [-0.39, 0.29) is 42.8 Å². The van der Waals surface area contributed by atoms with Gasteiger partial charge in [-0.3, -0.25) is 14.4 Å². The van der Waals surface area contributed by atoms with Crippen molar-refractivity contribution in [3.8, 4) is 0 Å². The quantitative estimate of drug-likeness (QED) is 0.293. The van der Waals surface area contributed by atoms with Crippen LogP contribution in [-0.2, 0) is 21.1 Å². The molecule has 3 aliphatic rings. The van der Waals surface area contributed by atoms with Gasteiger partial charge in [0.15, 0.2) is 0 Å². The molecule has 3 aliphatic heterocycles. The van der Waals surface area contributed by atoms with Crippen LogP contribution in [-0.4, -0.2) is 102 Å². The fraction of sp³-hybridized carbons (Fsp3) is 0.552. The smallest absolute Gasteiger partial charge is 0.248 e. The molecule has 0 saturated carbocycles. The SMILES string of the molecule is C=CCN(C)C(=O)[C@@H]1[C@@H]2CCC3(S2)C(C(=O)N(CC=C)Cn2nnc4ccccc42)N(CCCCCO)C(=O)[C@H]13. The summed E-state index contributed by atoms with van der Waals surface area (Å²) in [6.45, 7) is 9.01. The molecule has 2 unspecified atom stereocenters. The molecule has 3 fully saturated rings. The highest BCUT2D eigenvalue weighted by molar-refractivity contribution is 8.02. The van der Waals surface area contributed by atoms with E-state index >= 15 is 0 Å². The molecule has 3 amide bonds. The Balaban J connectivity index is 1.49. The molecule has 5 rings (SSSR count). The van der Waals surface area contributed by atoms with Crippen LogP contribution in [0.1, 0.15) is 32.1 Å². The largest absolute Gasteiger partial charge is 0.396 e. The number of aliphatic hydroxyl groups is 1. The number of unbranched alkanes of at least 4 members (excludes halogenated alkanes) is 2. The molecule has 0 radical (unpaired) electrons. The fourth-order valence-electron chi connectivity index (χ4n) is 6.79. The van der Waals surface area contributed by atoms with Crippen molar-refractivity contribution >= 4 is 40.5 Å². The maximum absolute atomic E-state index is 14.5. The Hall–Kier alpha value is -3.18. The molecule has 2 bridgehead atoms. The zero-order valence-electron chi connectivity index (χ0n) is 23.0. The summed E-state index contributed by atoms with van der Waals surface area (Å²) in [5, 5.41) is 17.8. The van der Waals surface area contributed by atoms with E-state index < -0.39 is 22.6 Å². The molecule has 2 aromatic rings. The van der Waals surface area contributed by atoms with Crippen LogP contribution >= 0.6 is 11.8 Å². The molecule has 3 saturated heterocycles. The minimum atomic E-state index is -0.689. The second-order valence-corrected chi connectivity index (χ2v) is 12.5. The summed E-state index contributed by atoms with van der Waals surface area (Å²) >= 11 is 1.67. The van der Waals surface area contributed by atoms with Crippen LogP contribution in [0.4, 0.5) is 0 Å². The van der Waals surface area contributed by atoms with Gasteiger partial charge in [0.2, 0.25) is 17.7 Å². The normalized spacial score (nSPS) is 26.8. The molecular formula is C29H38N6O4S. The lowest BCUT2D eigenvalue weighted by Crippen LogP contribution is -2.55. The number of rotatable bonds is 13. The van der Waals surface area contributed by atoms with Gasteiger partial charge in [-0.2, -0.15) is 0 Å². The molecule has 214 valence electrons. The molecule has 10 nitrogen and oxygen atoms in total. The Morgan fingerprint density at radius 2 is 1.95 bits per heavy atom. The van der Waals surface area contributed by atoms with Crippen molar-refractivity contribution in [2.45, 2.75) is 54.8 Å². The number of aliphatic hydroxyl groups excluding tert-OH is 1. The van der Waals surface area contributed by atoms with Crippen LogP contribution in [0.5, 0.6) is 0 Å². The highest BCUT2D eigenvalue weighted by Gasteiger charge is 2.73. The summed E-state index contributed by atoms with van der Waals surface area (Å²) in [6.07, 6.45) is 6.95. The number of carbonyl (C=O) groups excluding carboxylic acids is 3. The first-order valence-corrected chi connectivity index (χ1v) is 14.9. The number of nitrogens with zero attached hydrogens (tertiary/aromatic N) is 6. The topological polar surface area (TPSA) is 112 Å². The average Bonchev–Trinajstić information content (AvgIpc) is 3.70. The highest BCUT2D eigenvalue weighted by Crippen LogP contribution is 2.66. The van der Waals surface area contributed by atoms with Crippen LogP contribution < -0.4 is 0 Å². The fourth-order valence-corrected chi connectivity index (χ4v) is 9.00. The number of thioether (sulfide) groups is 1. The predicted molar refractivity (Wildman–Crippen MR) is 154 cm³/mol. The maximum atomic E-state index is 14.5. The Kier molecular flexibility index (Phi) is 8.32. The van der Waals surface area contributed by atoms with E-state index in [1.54, 1.807) is 50.3 Å². The van der Waals surface area contributed by atoms with Crippen molar-refractivity contribution < 1.29 is 19.5 Å². The maximum Gasteiger partial charge on any atom is 0.248 e. The highest BCUT2D eigenvalue weighted by atomic mass is 32.2. The van der Waals surface area contributed by atoms with Crippen molar-refractivity contribution in [3.63, 3.8) is 0 Å². The third-order valence-electron chi connectivity index (χ3n) is 8.54. The summed E-state index contributed by atoms with van der Waals surface area (Å²) in [7, 11) is 1.75. The van der Waals surface area contributed by atoms with Gasteiger partial charge in [0.05, 0.1) is 22.1 Å². The molecular weight excluding hydrogens is 528 g/mol. The van der Waals surface area contributed by atoms with Gasteiger partial charge < -0.3 is 19.8 Å². The average molecular weight is 567 g/mol. The first-order valence-electron chi connectivity index (χ1n) is 14.0. The van der Waals surface area contributed by atoms with Crippen LogP contribution in [0.2, 0.25) is 0 Å². The zero-order valence-corrected chi connectivity index (χ0v) is 23.8. The van der Waals surface area contributed by atoms with E-state index in [4.69, 9.17) is 0 Å². The number of hydrogen-bond donors (Lipinski definition) is 1. The number of fused-ring (bicyclic) bond motifs is 2. The summed E-state index contributed by atoms with van der Waals surface area (Å²) in [4.78, 5) is 47.4. The van der Waals surface area contributed by atoms with E-state index in [1.807, 2.05) is 24.3 Å². The lowest BCUT2D eigenvalue weighted by molar-refractivity contribution is -0.144. The summed E-state index contributed by atoms with van der Waals surface area (Å²) in [5.41, 5.74) is 1.56. The van der Waals surface area contributed by atoms with E-state index in [1.165, 1.54) is 0 Å². The molecule has 1 aromatic heterocycles. The molecule has 4 heterocycles. The van der Waals surface area contributed by atoms with Crippen LogP contribution in [0.15, 0.2) is 49.6 Å². The van der Waals surface area contributed by atoms with Crippen LogP contribution in [0.25, 0.3) is 11.0 Å². The van der Waals surface area contributed by atoms with Crippen molar-refractivity contribution in [1.82, 2.24) is 29.7 Å². The monoisotopic (exact) mass is 566 g/mol. The number of aromatic nitrogens is 3. The number of para-hydroxylation sites is 1. The van der Waals surface area contributed by atoms with Gasteiger partial charge in [-0.15, -0.1) is 30.0 Å². The molecule has 0 aliphatic carbocycles. The van der Waals surface area contributed by atoms with E-state index in [9.17, 15) is 19.5 Å². The van der Waals surface area contributed by atoms with E-state index in [0.29, 0.717) is 32.4 Å². The van der Waals surface area contributed by atoms with Crippen molar-refractivity contribution in [2.24, 2.45) is 11.8 Å². The number of hydrogen-bond acceptors (Lipinski definition) is 7. The van der Waals surface area contributed by atoms with Gasteiger partial charge in [-0.25, -0.2) is 4.68 Å². The molecule has 1 spiro atoms. The standard InChI is InChI=1S/C29H38N6O4S/c1-4-15-32(3)26(37)23-22-13-14-29(40-22)24(23)27(38)34(17-9-6-10-18-36)25(29)28(39)33(16-5-2)19-35-21-12-8-7-11-20(21)30-31-35/h4-5,7-8,11-12,22-25,36H,1-2,6,9-10,13-19H2,3H3/t22-,23+,24-,25?,29?/m0/s1. The lowest BCUT2D eigenvalue weighted by Gasteiger charge is -2.37. The minimum Gasteiger partial charge on any atom is -0.396 e. The van der Waals surface area contributed by atoms with Gasteiger partial charge in [0, 0.05) is 38.5 Å². The van der Waals surface area contributed by atoms with Gasteiger partial charge in [-0.1, -0.05) is 29.5 Å². The third-order valence-corrected chi connectivity index (χ3v) is 10.5. The summed E-state index contributed by atoms with van der Waals surface area (Å²) < 4.78 is 1.04. The molecule has 5 atom stereocenters. The van der Waals surface area contributed by atoms with Crippen LogP contribution in [0.3, 0.4) is 0 Å². The van der Waals surface area contributed by atoms with Gasteiger partial charge >= 0.3 is 0 Å². The van der Waals surface area contributed by atoms with Gasteiger partial charge in [0.1, 0.15) is 18.2 Å². The minimum absolute atomic E-state index is 0.00710. The number of benzene rings is 1. The Morgan fingerprint density at radius 1 is 1.18 bits per heavy atom. The lowest BCUT2D eigenvalue weighted by atomic mass is 9.70. The molecule has 1 aromatic carbocycles. The molecule has 1 N–H and O–H groups in total. The Bertz CT molecular complexity index is 1300. The number of amides is 3. The zero-order chi connectivity index (χ0) is 28.4. The van der Waals surface area contributed by atoms with Crippen molar-refractivity contribution in [3.05, 3.63) is 49.6 Å². The Labute approximate surface area is 239 Å². The first-order chi connectivity index (χ1) is 19.4. The number of likely N-dealkylation sites (tertiary alicyclic amines) is 1. The van der Waals surface area contributed by atoms with Crippen LogP contribution in [0, 0.1) is 11.8 Å². The second-order valence-electron chi connectivity index (χ2n) is 10.9. The molecule has 40 heavy (non-hydrogen) atoms.